The van der Waals surface area contributed by atoms with Crippen molar-refractivity contribution in [3.8, 4) is 0 Å². The topological polar surface area (TPSA) is 140 Å². The highest BCUT2D eigenvalue weighted by Crippen LogP contribution is 2.23. The second-order valence-corrected chi connectivity index (χ2v) is 6.45. The molecule has 1 rings (SSSR count). The Balaban J connectivity index is 3.10. The van der Waals surface area contributed by atoms with Crippen molar-refractivity contribution in [2.75, 3.05) is 17.3 Å². The van der Waals surface area contributed by atoms with E-state index in [1.165, 1.54) is 6.92 Å². The molecule has 9 nitrogen and oxygen atoms in total. The Morgan fingerprint density at radius 3 is 2.60 bits per heavy atom. The molecule has 0 saturated heterocycles. The van der Waals surface area contributed by atoms with Crippen molar-refractivity contribution in [3.05, 3.63) is 27.9 Å². The predicted octanol–water partition coefficient (Wildman–Crippen LogP) is 0.533. The van der Waals surface area contributed by atoms with E-state index in [1.54, 1.807) is 0 Å². The molecule has 0 aliphatic carbocycles. The summed E-state index contributed by atoms with van der Waals surface area (Å²) < 4.78 is 22.3. The Kier molecular flexibility index (Phi) is 4.61. The fourth-order valence-corrected chi connectivity index (χ4v) is 2.55. The maximum atomic E-state index is 11.1. The van der Waals surface area contributed by atoms with Crippen LogP contribution in [0.3, 0.4) is 0 Å². The van der Waals surface area contributed by atoms with Gasteiger partial charge in [0.1, 0.15) is 9.84 Å². The quantitative estimate of drug-likeness (QED) is 0.573. The van der Waals surface area contributed by atoms with E-state index in [9.17, 15) is 23.3 Å². The number of rotatable bonds is 6. The summed E-state index contributed by atoms with van der Waals surface area (Å²) in [6.45, 7) is 1.50. The number of nitrogens with zero attached hydrogens (tertiary/aromatic N) is 2. The number of nitrogens with one attached hydrogen (secondary N) is 1. The zero-order chi connectivity index (χ0) is 15.5. The highest BCUT2D eigenvalue weighted by atomic mass is 32.2. The molecule has 1 heterocycles. The van der Waals surface area contributed by atoms with Gasteiger partial charge in [0.15, 0.2) is 5.69 Å². The molecule has 0 bridgehead atoms. The molecule has 110 valence electrons. The molecular formula is C10H13N3O6S. The fourth-order valence-electron chi connectivity index (χ4n) is 1.55. The van der Waals surface area contributed by atoms with Gasteiger partial charge in [-0.3, -0.25) is 10.1 Å². The van der Waals surface area contributed by atoms with Crippen molar-refractivity contribution in [1.82, 2.24) is 4.98 Å². The van der Waals surface area contributed by atoms with E-state index in [0.717, 1.165) is 18.4 Å². The average Bonchev–Trinajstić information content (AvgIpc) is 2.25. The number of hydrogen-bond donors (Lipinski definition) is 2. The Bertz CT molecular complexity index is 642. The van der Waals surface area contributed by atoms with Crippen molar-refractivity contribution in [2.24, 2.45) is 0 Å². The molecule has 0 aliphatic rings. The minimum Gasteiger partial charge on any atom is -0.477 e. The molecule has 0 saturated carbocycles. The smallest absolute Gasteiger partial charge is 0.354 e. The zero-order valence-corrected chi connectivity index (χ0v) is 11.5. The molecule has 0 spiro atoms. The SMILES string of the molecule is CC(CS(C)(=O)=O)Nc1nc(C(=O)O)ccc1[N+](=O)[O-]. The number of pyridine rings is 1. The van der Waals surface area contributed by atoms with Crippen LogP contribution in [-0.2, 0) is 9.84 Å². The van der Waals surface area contributed by atoms with E-state index >= 15 is 0 Å². The number of carboxylic acids is 1. The average molecular weight is 303 g/mol. The molecule has 20 heavy (non-hydrogen) atoms. The molecule has 0 aliphatic heterocycles. The van der Waals surface area contributed by atoms with Gasteiger partial charge < -0.3 is 10.4 Å². The zero-order valence-electron chi connectivity index (χ0n) is 10.7. The van der Waals surface area contributed by atoms with Gasteiger partial charge in [0.05, 0.1) is 10.7 Å². The van der Waals surface area contributed by atoms with Crippen LogP contribution >= 0.6 is 0 Å². The number of aromatic nitrogens is 1. The molecule has 0 fully saturated rings. The van der Waals surface area contributed by atoms with Gasteiger partial charge in [-0.2, -0.15) is 0 Å². The van der Waals surface area contributed by atoms with Crippen LogP contribution in [0.5, 0.6) is 0 Å². The predicted molar refractivity (Wildman–Crippen MR) is 70.6 cm³/mol. The van der Waals surface area contributed by atoms with Gasteiger partial charge >= 0.3 is 11.7 Å². The first-order valence-electron chi connectivity index (χ1n) is 5.43. The van der Waals surface area contributed by atoms with Crippen LogP contribution in [0.4, 0.5) is 11.5 Å². The van der Waals surface area contributed by atoms with Gasteiger partial charge in [0.2, 0.25) is 5.82 Å². The third-order valence-corrected chi connectivity index (χ3v) is 3.33. The monoisotopic (exact) mass is 303 g/mol. The van der Waals surface area contributed by atoms with Crippen LogP contribution in [0.15, 0.2) is 12.1 Å². The van der Waals surface area contributed by atoms with Crippen molar-refractivity contribution in [1.29, 1.82) is 0 Å². The fraction of sp³-hybridized carbons (Fsp3) is 0.400. The number of carbonyl (C=O) groups is 1. The van der Waals surface area contributed by atoms with E-state index in [1.807, 2.05) is 0 Å². The molecule has 0 amide bonds. The van der Waals surface area contributed by atoms with Gasteiger partial charge in [-0.1, -0.05) is 0 Å². The maximum Gasteiger partial charge on any atom is 0.354 e. The summed E-state index contributed by atoms with van der Waals surface area (Å²) >= 11 is 0. The van der Waals surface area contributed by atoms with Crippen LogP contribution in [0, 0.1) is 10.1 Å². The van der Waals surface area contributed by atoms with Gasteiger partial charge in [0.25, 0.3) is 0 Å². The normalized spacial score (nSPS) is 12.7. The van der Waals surface area contributed by atoms with E-state index < -0.39 is 32.5 Å². The van der Waals surface area contributed by atoms with Crippen LogP contribution < -0.4 is 5.32 Å². The number of nitro groups is 1. The lowest BCUT2D eigenvalue weighted by Crippen LogP contribution is -2.26. The molecule has 2 N–H and O–H groups in total. The summed E-state index contributed by atoms with van der Waals surface area (Å²) in [6, 6.07) is 1.36. The first kappa shape index (κ1) is 15.8. The van der Waals surface area contributed by atoms with Crippen molar-refractivity contribution in [2.45, 2.75) is 13.0 Å². The van der Waals surface area contributed by atoms with E-state index in [4.69, 9.17) is 5.11 Å². The maximum absolute atomic E-state index is 11.1. The van der Waals surface area contributed by atoms with E-state index in [0.29, 0.717) is 0 Å². The number of sulfone groups is 1. The molecular weight excluding hydrogens is 290 g/mol. The molecule has 1 unspecified atom stereocenters. The summed E-state index contributed by atoms with van der Waals surface area (Å²) in [6.07, 6.45) is 1.03. The highest BCUT2D eigenvalue weighted by Gasteiger charge is 2.21. The molecule has 1 atom stereocenters. The molecule has 0 aromatic carbocycles. The number of anilines is 1. The summed E-state index contributed by atoms with van der Waals surface area (Å²) in [5.74, 6) is -1.87. The summed E-state index contributed by atoms with van der Waals surface area (Å²) in [5.41, 5.74) is -0.792. The van der Waals surface area contributed by atoms with Crippen LogP contribution in [0.2, 0.25) is 0 Å². The number of hydrogen-bond acceptors (Lipinski definition) is 7. The second kappa shape index (κ2) is 5.82. The Hall–Kier alpha value is -2.23. The standard InChI is InChI=1S/C10H13N3O6S/c1-6(5-20(2,18)19)11-9-8(13(16)17)4-3-7(12-9)10(14)15/h3-4,6H,5H2,1-2H3,(H,11,12)(H,14,15). The van der Waals surface area contributed by atoms with E-state index in [2.05, 4.69) is 10.3 Å². The lowest BCUT2D eigenvalue weighted by atomic mass is 10.3. The first-order chi connectivity index (χ1) is 9.10. The Morgan fingerprint density at radius 2 is 2.15 bits per heavy atom. The second-order valence-electron chi connectivity index (χ2n) is 4.26. The lowest BCUT2D eigenvalue weighted by molar-refractivity contribution is -0.384. The largest absolute Gasteiger partial charge is 0.477 e. The molecule has 10 heteroatoms. The van der Waals surface area contributed by atoms with Gasteiger partial charge in [0, 0.05) is 18.4 Å². The first-order valence-corrected chi connectivity index (χ1v) is 7.49. The Morgan fingerprint density at radius 1 is 1.55 bits per heavy atom. The third-order valence-electron chi connectivity index (χ3n) is 2.23. The van der Waals surface area contributed by atoms with Crippen molar-refractivity contribution >= 4 is 27.3 Å². The van der Waals surface area contributed by atoms with Gasteiger partial charge in [-0.15, -0.1) is 0 Å². The third kappa shape index (κ3) is 4.46. The number of aromatic carboxylic acids is 1. The minimum absolute atomic E-state index is 0.261. The molecule has 0 radical (unpaired) electrons. The van der Waals surface area contributed by atoms with E-state index in [-0.39, 0.29) is 17.3 Å². The molecule has 1 aromatic heterocycles. The van der Waals surface area contributed by atoms with Gasteiger partial charge in [-0.05, 0) is 13.0 Å². The number of carboxylic acid groups (broad SMARTS) is 1. The minimum atomic E-state index is -3.28. The van der Waals surface area contributed by atoms with Crippen LogP contribution in [0.1, 0.15) is 17.4 Å². The lowest BCUT2D eigenvalue weighted by Gasteiger charge is -2.13. The Labute approximate surface area is 114 Å². The summed E-state index contributed by atoms with van der Waals surface area (Å²) in [5, 5.41) is 22.2. The molecule has 1 aromatic rings. The van der Waals surface area contributed by atoms with Crippen molar-refractivity contribution in [3.63, 3.8) is 0 Å². The summed E-state index contributed by atoms with van der Waals surface area (Å²) in [7, 11) is -3.28. The highest BCUT2D eigenvalue weighted by molar-refractivity contribution is 7.90. The van der Waals surface area contributed by atoms with Gasteiger partial charge in [-0.25, -0.2) is 18.2 Å². The van der Waals surface area contributed by atoms with Crippen LogP contribution in [0.25, 0.3) is 0 Å². The van der Waals surface area contributed by atoms with Crippen molar-refractivity contribution < 1.29 is 23.2 Å². The summed E-state index contributed by atoms with van der Waals surface area (Å²) in [4.78, 5) is 24.5. The van der Waals surface area contributed by atoms with Crippen LogP contribution in [-0.4, -0.2) is 47.5 Å².